The number of unbranched alkanes of at least 4 members (excludes halogenated alkanes) is 1. The molecule has 0 bridgehead atoms. The lowest BCUT2D eigenvalue weighted by molar-refractivity contribution is -0.132. The Labute approximate surface area is 111 Å². The summed E-state index contributed by atoms with van der Waals surface area (Å²) in [7, 11) is 0. The molecule has 0 aromatic carbocycles. The van der Waals surface area contributed by atoms with E-state index in [0.29, 0.717) is 12.5 Å². The first-order chi connectivity index (χ1) is 8.41. The topological polar surface area (TPSA) is 81.1 Å². The molecule has 4 heteroatoms. The summed E-state index contributed by atoms with van der Waals surface area (Å²) in [6.07, 6.45) is 3.78. The Morgan fingerprint density at radius 1 is 1.33 bits per heavy atom. The van der Waals surface area contributed by atoms with Crippen LogP contribution < -0.4 is 16.8 Å². The van der Waals surface area contributed by atoms with Gasteiger partial charge in [0.2, 0.25) is 5.91 Å². The molecule has 1 amide bonds. The number of rotatable bonds is 5. The van der Waals surface area contributed by atoms with Crippen molar-refractivity contribution >= 4 is 5.91 Å². The summed E-state index contributed by atoms with van der Waals surface area (Å²) in [4.78, 5) is 12.2. The third-order valence-electron chi connectivity index (χ3n) is 4.75. The summed E-state index contributed by atoms with van der Waals surface area (Å²) < 4.78 is 0. The van der Waals surface area contributed by atoms with Crippen molar-refractivity contribution in [1.29, 1.82) is 0 Å². The van der Waals surface area contributed by atoms with Crippen LogP contribution in [0.2, 0.25) is 0 Å². The monoisotopic (exact) mass is 255 g/mol. The molecule has 1 fully saturated rings. The van der Waals surface area contributed by atoms with Crippen LogP contribution in [0.5, 0.6) is 0 Å². The second-order valence-electron chi connectivity index (χ2n) is 6.19. The van der Waals surface area contributed by atoms with Gasteiger partial charge < -0.3 is 16.8 Å². The number of hydrogen-bond acceptors (Lipinski definition) is 3. The van der Waals surface area contributed by atoms with Crippen molar-refractivity contribution in [3.05, 3.63) is 0 Å². The zero-order valence-corrected chi connectivity index (χ0v) is 12.0. The van der Waals surface area contributed by atoms with E-state index in [1.807, 2.05) is 0 Å². The average Bonchev–Trinajstić information content (AvgIpc) is 2.31. The van der Waals surface area contributed by atoms with E-state index in [0.717, 1.165) is 32.2 Å². The molecule has 5 N–H and O–H groups in total. The van der Waals surface area contributed by atoms with Gasteiger partial charge in [-0.1, -0.05) is 20.8 Å². The molecule has 0 radical (unpaired) electrons. The number of amides is 1. The molecule has 1 saturated carbocycles. The fraction of sp³-hybridized carbons (Fsp3) is 0.929. The molecule has 3 atom stereocenters. The van der Waals surface area contributed by atoms with Crippen LogP contribution in [0.3, 0.4) is 0 Å². The molecule has 4 nitrogen and oxygen atoms in total. The van der Waals surface area contributed by atoms with Crippen LogP contribution in [-0.2, 0) is 4.79 Å². The molecule has 0 aliphatic heterocycles. The first-order valence-electron chi connectivity index (χ1n) is 7.14. The van der Waals surface area contributed by atoms with Crippen molar-refractivity contribution in [3.8, 4) is 0 Å². The summed E-state index contributed by atoms with van der Waals surface area (Å²) in [5.41, 5.74) is 11.5. The number of nitrogens with one attached hydrogen (secondary N) is 1. The summed E-state index contributed by atoms with van der Waals surface area (Å²) in [6, 6.07) is 0.223. The van der Waals surface area contributed by atoms with Crippen LogP contribution in [0.25, 0.3) is 0 Å². The molecule has 106 valence electrons. The molecule has 0 aromatic rings. The first-order valence-corrected chi connectivity index (χ1v) is 7.14. The van der Waals surface area contributed by atoms with E-state index in [9.17, 15) is 4.79 Å². The molecule has 1 aliphatic carbocycles. The van der Waals surface area contributed by atoms with Crippen molar-refractivity contribution in [1.82, 2.24) is 5.32 Å². The Balaban J connectivity index is 2.51. The van der Waals surface area contributed by atoms with Gasteiger partial charge >= 0.3 is 0 Å². The Bertz CT molecular complexity index is 278. The highest BCUT2D eigenvalue weighted by molar-refractivity contribution is 5.79. The number of hydrogen-bond donors (Lipinski definition) is 3. The summed E-state index contributed by atoms with van der Waals surface area (Å²) in [5.74, 6) is 0.659. The van der Waals surface area contributed by atoms with Crippen LogP contribution in [0.4, 0.5) is 0 Å². The largest absolute Gasteiger partial charge is 0.356 e. The van der Waals surface area contributed by atoms with Gasteiger partial charge in [-0.2, -0.15) is 0 Å². The fourth-order valence-corrected chi connectivity index (χ4v) is 2.92. The third kappa shape index (κ3) is 3.45. The molecule has 1 aliphatic rings. The zero-order valence-electron chi connectivity index (χ0n) is 12.0. The first kappa shape index (κ1) is 15.4. The lowest BCUT2D eigenvalue weighted by Gasteiger charge is -2.46. The van der Waals surface area contributed by atoms with Crippen LogP contribution in [0.1, 0.15) is 46.5 Å². The number of carbonyl (C=O) groups is 1. The van der Waals surface area contributed by atoms with Gasteiger partial charge in [-0.05, 0) is 43.6 Å². The van der Waals surface area contributed by atoms with Crippen LogP contribution in [-0.4, -0.2) is 25.0 Å². The second-order valence-corrected chi connectivity index (χ2v) is 6.19. The SMILES string of the molecule is CC1C(N)CCC(C(=O)NCCCCN)C1(C)C. The van der Waals surface area contributed by atoms with Gasteiger partial charge in [0, 0.05) is 18.5 Å². The smallest absolute Gasteiger partial charge is 0.223 e. The zero-order chi connectivity index (χ0) is 13.8. The van der Waals surface area contributed by atoms with Gasteiger partial charge in [-0.15, -0.1) is 0 Å². The van der Waals surface area contributed by atoms with Gasteiger partial charge in [0.1, 0.15) is 0 Å². The van der Waals surface area contributed by atoms with Gasteiger partial charge in [0.15, 0.2) is 0 Å². The number of nitrogens with two attached hydrogens (primary N) is 2. The standard InChI is InChI=1S/C14H29N3O/c1-10-12(16)7-6-11(14(10,2)3)13(18)17-9-5-4-8-15/h10-12H,4-9,15-16H2,1-3H3,(H,17,18). The van der Waals surface area contributed by atoms with Crippen molar-refractivity contribution in [2.24, 2.45) is 28.7 Å². The molecule has 18 heavy (non-hydrogen) atoms. The van der Waals surface area contributed by atoms with Gasteiger partial charge in [-0.25, -0.2) is 0 Å². The van der Waals surface area contributed by atoms with Crippen molar-refractivity contribution in [2.45, 2.75) is 52.5 Å². The maximum atomic E-state index is 12.2. The highest BCUT2D eigenvalue weighted by Crippen LogP contribution is 2.44. The maximum Gasteiger partial charge on any atom is 0.223 e. The summed E-state index contributed by atoms with van der Waals surface area (Å²) in [6.45, 7) is 7.93. The predicted molar refractivity (Wildman–Crippen MR) is 74.9 cm³/mol. The van der Waals surface area contributed by atoms with E-state index in [2.05, 4.69) is 26.1 Å². The molecule has 0 saturated heterocycles. The Kier molecular flexibility index (Phi) is 5.60. The van der Waals surface area contributed by atoms with Crippen molar-refractivity contribution in [2.75, 3.05) is 13.1 Å². The van der Waals surface area contributed by atoms with E-state index in [1.165, 1.54) is 0 Å². The molecular weight excluding hydrogens is 226 g/mol. The quantitative estimate of drug-likeness (QED) is 0.647. The highest BCUT2D eigenvalue weighted by atomic mass is 16.1. The average molecular weight is 255 g/mol. The second kappa shape index (κ2) is 6.53. The molecule has 0 heterocycles. The molecule has 0 spiro atoms. The predicted octanol–water partition coefficient (Wildman–Crippen LogP) is 1.24. The highest BCUT2D eigenvalue weighted by Gasteiger charge is 2.44. The normalized spacial score (nSPS) is 31.1. The fourth-order valence-electron chi connectivity index (χ4n) is 2.92. The molecule has 3 unspecified atom stereocenters. The Morgan fingerprint density at radius 2 is 2.00 bits per heavy atom. The summed E-state index contributed by atoms with van der Waals surface area (Å²) in [5, 5.41) is 3.04. The van der Waals surface area contributed by atoms with E-state index in [-0.39, 0.29) is 23.3 Å². The lowest BCUT2D eigenvalue weighted by atomic mass is 9.61. The van der Waals surface area contributed by atoms with Crippen LogP contribution in [0, 0.1) is 17.3 Å². The van der Waals surface area contributed by atoms with Gasteiger partial charge in [-0.3, -0.25) is 4.79 Å². The Hall–Kier alpha value is -0.610. The van der Waals surface area contributed by atoms with E-state index in [4.69, 9.17) is 11.5 Å². The van der Waals surface area contributed by atoms with Crippen molar-refractivity contribution in [3.63, 3.8) is 0 Å². The number of carbonyl (C=O) groups excluding carboxylic acids is 1. The van der Waals surface area contributed by atoms with Crippen molar-refractivity contribution < 1.29 is 4.79 Å². The third-order valence-corrected chi connectivity index (χ3v) is 4.75. The minimum atomic E-state index is -0.0182. The van der Waals surface area contributed by atoms with E-state index in [1.54, 1.807) is 0 Å². The van der Waals surface area contributed by atoms with E-state index >= 15 is 0 Å². The Morgan fingerprint density at radius 3 is 2.61 bits per heavy atom. The molecule has 1 rings (SSSR count). The van der Waals surface area contributed by atoms with Gasteiger partial charge in [0.25, 0.3) is 0 Å². The maximum absolute atomic E-state index is 12.2. The summed E-state index contributed by atoms with van der Waals surface area (Å²) >= 11 is 0. The molecular formula is C14H29N3O. The minimum Gasteiger partial charge on any atom is -0.356 e. The van der Waals surface area contributed by atoms with Gasteiger partial charge in [0.05, 0.1) is 0 Å². The minimum absolute atomic E-state index is 0.0182. The van der Waals surface area contributed by atoms with E-state index < -0.39 is 0 Å². The molecule has 0 aromatic heterocycles. The lowest BCUT2D eigenvalue weighted by Crippen LogP contribution is -2.51. The van der Waals surface area contributed by atoms with Crippen LogP contribution >= 0.6 is 0 Å². The van der Waals surface area contributed by atoms with Crippen LogP contribution in [0.15, 0.2) is 0 Å².